The Labute approximate surface area is 72.5 Å². The Morgan fingerprint density at radius 3 is 3.08 bits per heavy atom. The van der Waals surface area contributed by atoms with Crippen LogP contribution in [0.5, 0.6) is 0 Å². The van der Waals surface area contributed by atoms with Crippen LogP contribution in [0.15, 0.2) is 12.2 Å². The fourth-order valence-corrected chi connectivity index (χ4v) is 2.62. The lowest BCUT2D eigenvalue weighted by Gasteiger charge is -2.26. The molecule has 0 aromatic rings. The van der Waals surface area contributed by atoms with Crippen molar-refractivity contribution in [2.45, 2.75) is 31.5 Å². The van der Waals surface area contributed by atoms with Crippen LogP contribution in [-0.2, 0) is 9.47 Å². The second kappa shape index (κ2) is 2.33. The highest BCUT2D eigenvalue weighted by atomic mass is 16.6. The second-order valence-corrected chi connectivity index (χ2v) is 4.19. The van der Waals surface area contributed by atoms with Crippen molar-refractivity contribution in [3.05, 3.63) is 12.2 Å². The molecule has 0 bridgehead atoms. The number of hydrogen-bond acceptors (Lipinski definition) is 2. The average Bonchev–Trinajstić information content (AvgIpc) is 2.78. The minimum Gasteiger partial charge on any atom is -0.377 e. The molecule has 2 fully saturated rings. The molecule has 1 aliphatic carbocycles. The Balaban J connectivity index is 1.83. The number of hydrogen-bond donors (Lipinski definition) is 0. The van der Waals surface area contributed by atoms with Gasteiger partial charge in [-0.25, -0.2) is 0 Å². The Bertz CT molecular complexity index is 224. The number of fused-ring (bicyclic) bond motifs is 2. The number of epoxide rings is 1. The molecule has 0 aromatic heterocycles. The SMILES string of the molecule is C1=CC[C@]2(CC[C@@H]3O[C@@H]32)COC1. The van der Waals surface area contributed by atoms with Gasteiger partial charge < -0.3 is 9.47 Å². The van der Waals surface area contributed by atoms with Gasteiger partial charge in [-0.1, -0.05) is 12.2 Å². The van der Waals surface area contributed by atoms with E-state index in [1.165, 1.54) is 12.8 Å². The van der Waals surface area contributed by atoms with Gasteiger partial charge in [0.25, 0.3) is 0 Å². The Hall–Kier alpha value is -0.340. The van der Waals surface area contributed by atoms with E-state index in [0.29, 0.717) is 17.6 Å². The molecule has 66 valence electrons. The zero-order valence-corrected chi connectivity index (χ0v) is 7.16. The smallest absolute Gasteiger partial charge is 0.0922 e. The molecule has 0 unspecified atom stereocenters. The van der Waals surface area contributed by atoms with Crippen LogP contribution in [0, 0.1) is 5.41 Å². The number of allylic oxidation sites excluding steroid dienone is 1. The summed E-state index contributed by atoms with van der Waals surface area (Å²) in [6, 6.07) is 0. The highest BCUT2D eigenvalue weighted by Gasteiger charge is 2.59. The van der Waals surface area contributed by atoms with E-state index in [1.54, 1.807) is 0 Å². The first-order chi connectivity index (χ1) is 5.91. The third kappa shape index (κ3) is 0.882. The van der Waals surface area contributed by atoms with Crippen molar-refractivity contribution in [3.8, 4) is 0 Å². The van der Waals surface area contributed by atoms with E-state index in [0.717, 1.165) is 19.6 Å². The van der Waals surface area contributed by atoms with Crippen LogP contribution < -0.4 is 0 Å². The molecule has 0 aromatic carbocycles. The van der Waals surface area contributed by atoms with Gasteiger partial charge >= 0.3 is 0 Å². The molecule has 3 aliphatic rings. The summed E-state index contributed by atoms with van der Waals surface area (Å²) in [5.74, 6) is 0. The van der Waals surface area contributed by atoms with Crippen molar-refractivity contribution in [1.82, 2.24) is 0 Å². The van der Waals surface area contributed by atoms with E-state index < -0.39 is 0 Å². The highest BCUT2D eigenvalue weighted by molar-refractivity contribution is 5.10. The minimum absolute atomic E-state index is 0.359. The van der Waals surface area contributed by atoms with Crippen LogP contribution in [0.2, 0.25) is 0 Å². The van der Waals surface area contributed by atoms with E-state index in [2.05, 4.69) is 12.2 Å². The topological polar surface area (TPSA) is 21.8 Å². The molecule has 2 heterocycles. The molecule has 0 amide bonds. The van der Waals surface area contributed by atoms with Gasteiger partial charge in [-0.2, -0.15) is 0 Å². The molecule has 3 rings (SSSR count). The van der Waals surface area contributed by atoms with E-state index in [1.807, 2.05) is 0 Å². The molecular formula is C10H14O2. The summed E-state index contributed by atoms with van der Waals surface area (Å²) in [5, 5.41) is 0. The number of rotatable bonds is 0. The second-order valence-electron chi connectivity index (χ2n) is 4.19. The summed E-state index contributed by atoms with van der Waals surface area (Å²) in [7, 11) is 0. The average molecular weight is 166 g/mol. The first kappa shape index (κ1) is 7.10. The highest BCUT2D eigenvalue weighted by Crippen LogP contribution is 2.54. The Morgan fingerprint density at radius 2 is 2.33 bits per heavy atom. The monoisotopic (exact) mass is 166 g/mol. The van der Waals surface area contributed by atoms with Gasteiger partial charge in [0.05, 0.1) is 25.4 Å². The van der Waals surface area contributed by atoms with Crippen LogP contribution >= 0.6 is 0 Å². The summed E-state index contributed by atoms with van der Waals surface area (Å²) in [4.78, 5) is 0. The quantitative estimate of drug-likeness (QED) is 0.402. The lowest BCUT2D eigenvalue weighted by atomic mass is 9.83. The molecule has 1 saturated carbocycles. The molecule has 12 heavy (non-hydrogen) atoms. The molecule has 2 aliphatic heterocycles. The first-order valence-corrected chi connectivity index (χ1v) is 4.79. The van der Waals surface area contributed by atoms with E-state index >= 15 is 0 Å². The molecular weight excluding hydrogens is 152 g/mol. The van der Waals surface area contributed by atoms with Crippen molar-refractivity contribution in [3.63, 3.8) is 0 Å². The summed E-state index contributed by atoms with van der Waals surface area (Å²) < 4.78 is 11.2. The van der Waals surface area contributed by atoms with Crippen molar-refractivity contribution in [2.75, 3.05) is 13.2 Å². The Morgan fingerprint density at radius 1 is 1.33 bits per heavy atom. The summed E-state index contributed by atoms with van der Waals surface area (Å²) >= 11 is 0. The van der Waals surface area contributed by atoms with Gasteiger partial charge in [-0.15, -0.1) is 0 Å². The molecule has 3 atom stereocenters. The standard InChI is InChI=1S/C10H14O2/c1-2-6-11-7-10(4-1)5-3-8-9(10)12-8/h1-2,8-9H,3-7H2/t8-,9-,10-/m0/s1. The predicted octanol–water partition coefficient (Wildman–Crippen LogP) is 1.51. The largest absolute Gasteiger partial charge is 0.377 e. The normalized spacial score (nSPS) is 50.7. The third-order valence-electron chi connectivity index (χ3n) is 3.41. The van der Waals surface area contributed by atoms with Crippen molar-refractivity contribution in [2.24, 2.45) is 5.41 Å². The molecule has 0 radical (unpaired) electrons. The van der Waals surface area contributed by atoms with Gasteiger partial charge in [0.1, 0.15) is 0 Å². The fourth-order valence-electron chi connectivity index (χ4n) is 2.62. The summed E-state index contributed by atoms with van der Waals surface area (Å²) in [6.45, 7) is 1.69. The fraction of sp³-hybridized carbons (Fsp3) is 0.800. The molecule has 1 saturated heterocycles. The number of ether oxygens (including phenoxy) is 2. The minimum atomic E-state index is 0.359. The zero-order valence-electron chi connectivity index (χ0n) is 7.16. The van der Waals surface area contributed by atoms with E-state index in [4.69, 9.17) is 9.47 Å². The van der Waals surface area contributed by atoms with E-state index in [-0.39, 0.29) is 0 Å². The lowest BCUT2D eigenvalue weighted by Crippen LogP contribution is -2.29. The predicted molar refractivity (Wildman–Crippen MR) is 44.9 cm³/mol. The maximum absolute atomic E-state index is 5.59. The lowest BCUT2D eigenvalue weighted by molar-refractivity contribution is 0.0387. The maximum atomic E-state index is 5.59. The maximum Gasteiger partial charge on any atom is 0.0922 e. The van der Waals surface area contributed by atoms with Gasteiger partial charge in [0.2, 0.25) is 0 Å². The zero-order chi connectivity index (χ0) is 8.02. The van der Waals surface area contributed by atoms with Crippen molar-refractivity contribution < 1.29 is 9.47 Å². The van der Waals surface area contributed by atoms with Crippen LogP contribution in [0.3, 0.4) is 0 Å². The molecule has 2 nitrogen and oxygen atoms in total. The molecule has 1 spiro atoms. The van der Waals surface area contributed by atoms with Crippen LogP contribution in [0.25, 0.3) is 0 Å². The summed E-state index contributed by atoms with van der Waals surface area (Å²) in [5.41, 5.74) is 0.359. The molecule has 2 heteroatoms. The van der Waals surface area contributed by atoms with Gasteiger partial charge in [0, 0.05) is 5.41 Å². The molecule has 0 N–H and O–H groups in total. The van der Waals surface area contributed by atoms with Crippen LogP contribution in [0.1, 0.15) is 19.3 Å². The summed E-state index contributed by atoms with van der Waals surface area (Å²) in [6.07, 6.45) is 9.21. The Kier molecular flexibility index (Phi) is 1.38. The van der Waals surface area contributed by atoms with Crippen LogP contribution in [0.4, 0.5) is 0 Å². The van der Waals surface area contributed by atoms with Gasteiger partial charge in [-0.05, 0) is 19.3 Å². The van der Waals surface area contributed by atoms with E-state index in [9.17, 15) is 0 Å². The third-order valence-corrected chi connectivity index (χ3v) is 3.41. The van der Waals surface area contributed by atoms with Crippen molar-refractivity contribution in [1.29, 1.82) is 0 Å². The van der Waals surface area contributed by atoms with Crippen molar-refractivity contribution >= 4 is 0 Å². The van der Waals surface area contributed by atoms with Crippen LogP contribution in [-0.4, -0.2) is 25.4 Å². The first-order valence-electron chi connectivity index (χ1n) is 4.79. The van der Waals surface area contributed by atoms with Gasteiger partial charge in [0.15, 0.2) is 0 Å². The van der Waals surface area contributed by atoms with Gasteiger partial charge in [-0.3, -0.25) is 0 Å².